The van der Waals surface area contributed by atoms with Crippen molar-refractivity contribution in [2.75, 3.05) is 17.4 Å². The van der Waals surface area contributed by atoms with Crippen LogP contribution < -0.4 is 20.1 Å². The Bertz CT molecular complexity index is 1520. The second-order valence-electron chi connectivity index (χ2n) is 8.05. The van der Waals surface area contributed by atoms with E-state index in [-0.39, 0.29) is 51.1 Å². The van der Waals surface area contributed by atoms with Crippen molar-refractivity contribution in [1.82, 2.24) is 0 Å². The van der Waals surface area contributed by atoms with E-state index >= 15 is 0 Å². The fourth-order valence-electron chi connectivity index (χ4n) is 3.42. The Labute approximate surface area is 221 Å². The fraction of sp³-hybridized carbons (Fsp3) is 0.0357. The zero-order valence-electron chi connectivity index (χ0n) is 20.1. The number of anilines is 2. The van der Waals surface area contributed by atoms with Gasteiger partial charge >= 0.3 is 5.97 Å². The Morgan fingerprint density at radius 2 is 1.03 bits per heavy atom. The summed E-state index contributed by atoms with van der Waals surface area (Å²) in [6.45, 7) is -0.497. The van der Waals surface area contributed by atoms with Gasteiger partial charge in [0.25, 0.3) is 11.8 Å². The lowest BCUT2D eigenvalue weighted by Crippen LogP contribution is -2.12. The molecule has 0 aliphatic heterocycles. The van der Waals surface area contributed by atoms with E-state index in [9.17, 15) is 24.6 Å². The fourth-order valence-corrected chi connectivity index (χ4v) is 3.42. The minimum absolute atomic E-state index is 0.0276. The Balaban J connectivity index is 1.46. The number of ether oxygens (including phenoxy) is 2. The Morgan fingerprint density at radius 1 is 0.615 bits per heavy atom. The van der Waals surface area contributed by atoms with E-state index in [1.165, 1.54) is 84.9 Å². The molecule has 0 radical (unpaired) electrons. The molecular weight excluding hydrogens is 508 g/mol. The van der Waals surface area contributed by atoms with Crippen LogP contribution in [0.2, 0.25) is 0 Å². The van der Waals surface area contributed by atoms with Crippen molar-refractivity contribution in [3.05, 3.63) is 102 Å². The van der Waals surface area contributed by atoms with Gasteiger partial charge in [-0.05, 0) is 72.8 Å². The van der Waals surface area contributed by atoms with Gasteiger partial charge in [0, 0.05) is 23.3 Å². The van der Waals surface area contributed by atoms with E-state index in [0.717, 1.165) is 0 Å². The molecule has 0 aromatic heterocycles. The zero-order valence-corrected chi connectivity index (χ0v) is 20.1. The second kappa shape index (κ2) is 11.7. The van der Waals surface area contributed by atoms with Gasteiger partial charge in [0.2, 0.25) is 0 Å². The van der Waals surface area contributed by atoms with Gasteiger partial charge in [-0.1, -0.05) is 0 Å². The minimum Gasteiger partial charge on any atom is -0.506 e. The molecule has 4 aromatic carbocycles. The summed E-state index contributed by atoms with van der Waals surface area (Å²) < 4.78 is 10.7. The Kier molecular flexibility index (Phi) is 7.93. The van der Waals surface area contributed by atoms with E-state index in [2.05, 4.69) is 10.6 Å². The van der Waals surface area contributed by atoms with E-state index in [1.54, 1.807) is 0 Å². The van der Waals surface area contributed by atoms with Crippen LogP contribution in [0.5, 0.6) is 28.7 Å². The zero-order chi connectivity index (χ0) is 27.9. The molecule has 198 valence electrons. The number of phenolic OH excluding ortho intramolecular Hbond substituents is 2. The highest BCUT2D eigenvalue weighted by atomic mass is 16.6. The number of aromatic carboxylic acids is 1. The van der Waals surface area contributed by atoms with Crippen LogP contribution in [0.4, 0.5) is 11.4 Å². The van der Waals surface area contributed by atoms with E-state index in [4.69, 9.17) is 19.7 Å². The SMILES string of the molecule is O=C(O)c1ccc(C(=O)Nc2cc(Oc3ccc(O)c(NC(=O)c4ccc(OCO)cc4)c3)ccc2O)cc1. The number of rotatable bonds is 9. The van der Waals surface area contributed by atoms with Crippen LogP contribution in [-0.2, 0) is 0 Å². The van der Waals surface area contributed by atoms with Crippen molar-refractivity contribution in [2.45, 2.75) is 0 Å². The molecule has 0 fully saturated rings. The normalized spacial score (nSPS) is 10.4. The number of carbonyl (C=O) groups is 3. The van der Waals surface area contributed by atoms with Crippen molar-refractivity contribution in [1.29, 1.82) is 0 Å². The third kappa shape index (κ3) is 6.61. The first-order valence-electron chi connectivity index (χ1n) is 11.4. The molecule has 11 nitrogen and oxygen atoms in total. The second-order valence-corrected chi connectivity index (χ2v) is 8.05. The van der Waals surface area contributed by atoms with Crippen molar-refractivity contribution < 1.29 is 44.3 Å². The number of carboxylic acid groups (broad SMARTS) is 1. The summed E-state index contributed by atoms with van der Waals surface area (Å²) in [6.07, 6.45) is 0. The number of amides is 2. The maximum absolute atomic E-state index is 12.6. The van der Waals surface area contributed by atoms with Crippen LogP contribution in [0.3, 0.4) is 0 Å². The molecule has 0 heterocycles. The predicted molar refractivity (Wildman–Crippen MR) is 140 cm³/mol. The number of nitrogens with one attached hydrogen (secondary N) is 2. The van der Waals surface area contributed by atoms with Crippen molar-refractivity contribution >= 4 is 29.2 Å². The summed E-state index contributed by atoms with van der Waals surface area (Å²) in [4.78, 5) is 36.2. The largest absolute Gasteiger partial charge is 0.506 e. The molecule has 2 amide bonds. The van der Waals surface area contributed by atoms with E-state index < -0.39 is 24.6 Å². The number of phenols is 2. The summed E-state index contributed by atoms with van der Waals surface area (Å²) in [5, 5.41) is 43.3. The lowest BCUT2D eigenvalue weighted by atomic mass is 10.1. The molecule has 0 atom stereocenters. The van der Waals surface area contributed by atoms with Gasteiger partial charge in [-0.2, -0.15) is 0 Å². The smallest absolute Gasteiger partial charge is 0.335 e. The predicted octanol–water partition coefficient (Wildman–Crippen LogP) is 4.42. The van der Waals surface area contributed by atoms with Crippen LogP contribution in [0, 0.1) is 0 Å². The highest BCUT2D eigenvalue weighted by Gasteiger charge is 2.14. The molecule has 0 bridgehead atoms. The van der Waals surface area contributed by atoms with Crippen molar-refractivity contribution in [3.63, 3.8) is 0 Å². The number of hydrogen-bond donors (Lipinski definition) is 6. The average molecular weight is 530 g/mol. The topological polar surface area (TPSA) is 175 Å². The molecule has 0 unspecified atom stereocenters. The number of aliphatic hydroxyl groups excluding tert-OH is 1. The Hall–Kier alpha value is -5.55. The molecule has 39 heavy (non-hydrogen) atoms. The lowest BCUT2D eigenvalue weighted by molar-refractivity contribution is 0.0696. The van der Waals surface area contributed by atoms with E-state index in [0.29, 0.717) is 5.75 Å². The standard InChI is InChI=1S/C28H22N2O9/c31-15-38-19-7-5-17(6-8-19)27(35)30-23-14-21(10-12-25(23)33)39-20-9-11-24(32)22(13-20)29-26(34)16-1-3-18(4-2-16)28(36)37/h1-14,31-33H,15H2,(H,29,34)(H,30,35)(H,36,37). The van der Waals surface area contributed by atoms with Gasteiger partial charge < -0.3 is 40.5 Å². The number of benzene rings is 4. The van der Waals surface area contributed by atoms with E-state index in [1.807, 2.05) is 0 Å². The summed E-state index contributed by atoms with van der Waals surface area (Å²) >= 11 is 0. The lowest BCUT2D eigenvalue weighted by Gasteiger charge is -2.13. The summed E-state index contributed by atoms with van der Waals surface area (Å²) in [6, 6.07) is 19.6. The molecule has 4 rings (SSSR count). The maximum atomic E-state index is 12.6. The molecule has 0 saturated carbocycles. The third-order valence-electron chi connectivity index (χ3n) is 5.41. The van der Waals surface area contributed by atoms with Crippen LogP contribution >= 0.6 is 0 Å². The van der Waals surface area contributed by atoms with Crippen molar-refractivity contribution in [3.8, 4) is 28.7 Å². The van der Waals surface area contributed by atoms with Crippen LogP contribution in [0.15, 0.2) is 84.9 Å². The van der Waals surface area contributed by atoms with Crippen LogP contribution in [-0.4, -0.2) is 45.0 Å². The molecule has 0 saturated heterocycles. The number of carboxylic acids is 1. The quantitative estimate of drug-likeness (QED) is 0.135. The monoisotopic (exact) mass is 530 g/mol. The summed E-state index contributed by atoms with van der Waals surface area (Å²) in [5.41, 5.74) is 0.605. The molecular formula is C28H22N2O9. The number of hydrogen-bond acceptors (Lipinski definition) is 8. The molecule has 0 spiro atoms. The van der Waals surface area contributed by atoms with Gasteiger partial charge in [0.15, 0.2) is 6.79 Å². The number of carbonyl (C=O) groups excluding carboxylic acids is 2. The third-order valence-corrected chi connectivity index (χ3v) is 5.41. The number of aromatic hydroxyl groups is 2. The first-order valence-corrected chi connectivity index (χ1v) is 11.4. The molecule has 6 N–H and O–H groups in total. The van der Waals surface area contributed by atoms with Gasteiger partial charge in [-0.25, -0.2) is 4.79 Å². The van der Waals surface area contributed by atoms with Gasteiger partial charge in [-0.15, -0.1) is 0 Å². The Morgan fingerprint density at radius 3 is 1.46 bits per heavy atom. The number of aliphatic hydroxyl groups is 1. The molecule has 0 aliphatic carbocycles. The average Bonchev–Trinajstić information content (AvgIpc) is 2.93. The maximum Gasteiger partial charge on any atom is 0.335 e. The molecule has 0 aliphatic rings. The summed E-state index contributed by atoms with van der Waals surface area (Å²) in [5.74, 6) is -1.80. The van der Waals surface area contributed by atoms with Crippen molar-refractivity contribution in [2.24, 2.45) is 0 Å². The first-order chi connectivity index (χ1) is 18.7. The first kappa shape index (κ1) is 26.5. The molecule has 11 heteroatoms. The van der Waals surface area contributed by atoms with Crippen LogP contribution in [0.1, 0.15) is 31.1 Å². The molecule has 4 aromatic rings. The van der Waals surface area contributed by atoms with Gasteiger partial charge in [0.1, 0.15) is 28.7 Å². The highest BCUT2D eigenvalue weighted by molar-refractivity contribution is 6.06. The highest BCUT2D eigenvalue weighted by Crippen LogP contribution is 2.34. The van der Waals surface area contributed by atoms with Gasteiger partial charge in [-0.3, -0.25) is 9.59 Å². The van der Waals surface area contributed by atoms with Gasteiger partial charge in [0.05, 0.1) is 16.9 Å². The minimum atomic E-state index is -1.12. The van der Waals surface area contributed by atoms with Crippen LogP contribution in [0.25, 0.3) is 0 Å². The summed E-state index contributed by atoms with van der Waals surface area (Å²) in [7, 11) is 0.